The molecule has 6 nitrogen and oxygen atoms in total. The van der Waals surface area contributed by atoms with Gasteiger partial charge in [-0.2, -0.15) is 0 Å². The molecule has 0 heterocycles. The van der Waals surface area contributed by atoms with Gasteiger partial charge in [-0.15, -0.1) is 0 Å². The van der Waals surface area contributed by atoms with E-state index in [9.17, 15) is 9.59 Å². The fourth-order valence-corrected chi connectivity index (χ4v) is 6.95. The maximum absolute atomic E-state index is 13.1. The zero-order chi connectivity index (χ0) is 31.9. The predicted octanol–water partition coefficient (Wildman–Crippen LogP) is 10.2. The van der Waals surface area contributed by atoms with Crippen molar-refractivity contribution in [2.75, 3.05) is 6.61 Å². The summed E-state index contributed by atoms with van der Waals surface area (Å²) in [6.45, 7) is 5.17. The minimum absolute atomic E-state index is 0.230. The van der Waals surface area contributed by atoms with Crippen molar-refractivity contribution >= 4 is 18.2 Å². The number of nitrogens with one attached hydrogen (secondary N) is 1. The molecule has 0 atom stereocenters. The molecule has 0 saturated heterocycles. The number of esters is 2. The van der Waals surface area contributed by atoms with Gasteiger partial charge in [-0.05, 0) is 112 Å². The van der Waals surface area contributed by atoms with E-state index in [1.165, 1.54) is 88.8 Å². The summed E-state index contributed by atoms with van der Waals surface area (Å²) in [6, 6.07) is 13.2. The molecule has 2 aliphatic carbocycles. The molecule has 1 N–H and O–H groups in total. The number of hydrogen-bond donors (Lipinski definition) is 1. The SMILES string of the molecule is CCCCCCCOc1ccc(OC(=O)C2CCC(C(=O)Oc3ccc(C4CCC(CCCCC)CC4)cc3C=N)CC2)cc1. The Morgan fingerprint density at radius 2 is 1.31 bits per heavy atom. The average Bonchev–Trinajstić information content (AvgIpc) is 3.07. The maximum atomic E-state index is 13.1. The fraction of sp³-hybridized carbons (Fsp3) is 0.615. The Morgan fingerprint density at radius 3 is 1.96 bits per heavy atom. The van der Waals surface area contributed by atoms with E-state index in [1.807, 2.05) is 24.3 Å². The molecule has 2 saturated carbocycles. The molecule has 45 heavy (non-hydrogen) atoms. The zero-order valence-corrected chi connectivity index (χ0v) is 27.7. The van der Waals surface area contributed by atoms with Crippen LogP contribution in [0, 0.1) is 23.2 Å². The third kappa shape index (κ3) is 11.0. The summed E-state index contributed by atoms with van der Waals surface area (Å²) in [7, 11) is 0. The summed E-state index contributed by atoms with van der Waals surface area (Å²) in [6.07, 6.45) is 19.9. The minimum Gasteiger partial charge on any atom is -0.494 e. The van der Waals surface area contributed by atoms with Gasteiger partial charge in [0.05, 0.1) is 18.4 Å². The second kappa shape index (κ2) is 18.7. The summed E-state index contributed by atoms with van der Waals surface area (Å²) in [5.41, 5.74) is 1.91. The first kappa shape index (κ1) is 34.7. The highest BCUT2D eigenvalue weighted by Crippen LogP contribution is 2.39. The van der Waals surface area contributed by atoms with Gasteiger partial charge in [0.2, 0.25) is 0 Å². The van der Waals surface area contributed by atoms with Gasteiger partial charge >= 0.3 is 11.9 Å². The van der Waals surface area contributed by atoms with Crippen molar-refractivity contribution in [1.29, 1.82) is 5.41 Å². The molecule has 246 valence electrons. The third-order valence-electron chi connectivity index (χ3n) is 9.89. The lowest BCUT2D eigenvalue weighted by Gasteiger charge is -2.29. The zero-order valence-electron chi connectivity index (χ0n) is 27.7. The number of benzene rings is 2. The molecule has 2 aromatic carbocycles. The van der Waals surface area contributed by atoms with Gasteiger partial charge in [0.1, 0.15) is 17.2 Å². The lowest BCUT2D eigenvalue weighted by atomic mass is 9.77. The average molecular weight is 618 g/mol. The van der Waals surface area contributed by atoms with E-state index in [2.05, 4.69) is 19.9 Å². The number of rotatable bonds is 17. The summed E-state index contributed by atoms with van der Waals surface area (Å²) in [5, 5.41) is 7.97. The van der Waals surface area contributed by atoms with E-state index in [4.69, 9.17) is 19.6 Å². The van der Waals surface area contributed by atoms with Crippen LogP contribution in [0.1, 0.15) is 140 Å². The number of ether oxygens (including phenoxy) is 3. The van der Waals surface area contributed by atoms with Gasteiger partial charge in [0, 0.05) is 11.8 Å². The Kier molecular flexibility index (Phi) is 14.5. The molecule has 0 aliphatic heterocycles. The number of hydrogen-bond acceptors (Lipinski definition) is 6. The highest BCUT2D eigenvalue weighted by atomic mass is 16.5. The molecule has 0 unspecified atom stereocenters. The number of carbonyl (C=O) groups is 2. The van der Waals surface area contributed by atoms with Crippen molar-refractivity contribution in [2.24, 2.45) is 17.8 Å². The van der Waals surface area contributed by atoms with Gasteiger partial charge in [-0.3, -0.25) is 9.59 Å². The summed E-state index contributed by atoms with van der Waals surface area (Å²) < 4.78 is 17.3. The standard InChI is InChI=1S/C39H55NO5/c1-3-5-7-8-10-26-43-35-21-23-36(24-22-35)44-38(41)31-16-18-32(19-17-31)39(42)45-37-25-20-33(27-34(37)28-40)30-14-12-29(13-15-30)11-9-6-4-2/h20-25,27-32,40H,3-19,26H2,1-2H3. The molecule has 0 bridgehead atoms. The van der Waals surface area contributed by atoms with Crippen LogP contribution in [0.4, 0.5) is 0 Å². The highest BCUT2D eigenvalue weighted by molar-refractivity contribution is 5.85. The van der Waals surface area contributed by atoms with E-state index >= 15 is 0 Å². The van der Waals surface area contributed by atoms with Gasteiger partial charge in [0.25, 0.3) is 0 Å². The Bertz CT molecular complexity index is 1190. The summed E-state index contributed by atoms with van der Waals surface area (Å²) in [5.74, 6) is 2.12. The topological polar surface area (TPSA) is 85.7 Å². The Balaban J connectivity index is 1.19. The molecule has 6 heteroatoms. The largest absolute Gasteiger partial charge is 0.494 e. The monoisotopic (exact) mass is 617 g/mol. The highest BCUT2D eigenvalue weighted by Gasteiger charge is 2.32. The molecule has 0 radical (unpaired) electrons. The van der Waals surface area contributed by atoms with E-state index in [0.29, 0.717) is 55.3 Å². The Labute approximate surface area is 271 Å². The van der Waals surface area contributed by atoms with Crippen molar-refractivity contribution in [2.45, 2.75) is 129 Å². The molecule has 2 aliphatic rings. The van der Waals surface area contributed by atoms with Crippen molar-refractivity contribution in [3.63, 3.8) is 0 Å². The molecule has 0 amide bonds. The Morgan fingerprint density at radius 1 is 0.711 bits per heavy atom. The minimum atomic E-state index is -0.272. The van der Waals surface area contributed by atoms with E-state index < -0.39 is 0 Å². The number of carbonyl (C=O) groups excluding carboxylic acids is 2. The molecule has 2 aromatic rings. The normalized spacial score (nSPS) is 21.6. The van der Waals surface area contributed by atoms with Crippen molar-refractivity contribution in [3.8, 4) is 17.2 Å². The lowest BCUT2D eigenvalue weighted by Crippen LogP contribution is -2.30. The van der Waals surface area contributed by atoms with Crippen molar-refractivity contribution in [1.82, 2.24) is 0 Å². The predicted molar refractivity (Wildman–Crippen MR) is 181 cm³/mol. The van der Waals surface area contributed by atoms with Crippen LogP contribution in [-0.4, -0.2) is 24.8 Å². The van der Waals surface area contributed by atoms with Crippen LogP contribution in [0.15, 0.2) is 42.5 Å². The third-order valence-corrected chi connectivity index (χ3v) is 9.89. The van der Waals surface area contributed by atoms with E-state index in [-0.39, 0.29) is 23.8 Å². The molecule has 0 aromatic heterocycles. The maximum Gasteiger partial charge on any atom is 0.314 e. The van der Waals surface area contributed by atoms with Crippen LogP contribution in [-0.2, 0) is 9.59 Å². The van der Waals surface area contributed by atoms with Crippen molar-refractivity contribution in [3.05, 3.63) is 53.6 Å². The second-order valence-electron chi connectivity index (χ2n) is 13.3. The van der Waals surface area contributed by atoms with Crippen LogP contribution < -0.4 is 14.2 Å². The fourth-order valence-electron chi connectivity index (χ4n) is 6.95. The molecule has 4 rings (SSSR count). The van der Waals surface area contributed by atoms with E-state index in [0.717, 1.165) is 18.1 Å². The second-order valence-corrected chi connectivity index (χ2v) is 13.3. The van der Waals surface area contributed by atoms with Crippen molar-refractivity contribution < 1.29 is 23.8 Å². The van der Waals surface area contributed by atoms with Crippen LogP contribution >= 0.6 is 0 Å². The summed E-state index contributed by atoms with van der Waals surface area (Å²) in [4.78, 5) is 25.9. The number of unbranched alkanes of at least 4 members (excludes halogenated alkanes) is 6. The Hall–Kier alpha value is -3.15. The van der Waals surface area contributed by atoms with Crippen LogP contribution in [0.5, 0.6) is 17.2 Å². The van der Waals surface area contributed by atoms with Gasteiger partial charge in [-0.25, -0.2) is 0 Å². The first-order valence-electron chi connectivity index (χ1n) is 17.8. The lowest BCUT2D eigenvalue weighted by molar-refractivity contribution is -0.145. The van der Waals surface area contributed by atoms with Gasteiger partial charge < -0.3 is 19.6 Å². The van der Waals surface area contributed by atoms with Crippen LogP contribution in [0.2, 0.25) is 0 Å². The quantitative estimate of drug-likeness (QED) is 0.0826. The molecular weight excluding hydrogens is 562 g/mol. The molecular formula is C39H55NO5. The van der Waals surface area contributed by atoms with E-state index in [1.54, 1.807) is 12.1 Å². The van der Waals surface area contributed by atoms with Gasteiger partial charge in [-0.1, -0.05) is 71.3 Å². The van der Waals surface area contributed by atoms with Gasteiger partial charge in [0.15, 0.2) is 0 Å². The first-order chi connectivity index (χ1) is 22.0. The smallest absolute Gasteiger partial charge is 0.314 e. The first-order valence-corrected chi connectivity index (χ1v) is 17.8. The van der Waals surface area contributed by atoms with Crippen LogP contribution in [0.25, 0.3) is 0 Å². The molecule has 2 fully saturated rings. The summed E-state index contributed by atoms with van der Waals surface area (Å²) >= 11 is 0. The molecule has 0 spiro atoms. The van der Waals surface area contributed by atoms with Crippen LogP contribution in [0.3, 0.4) is 0 Å².